The van der Waals surface area contributed by atoms with Gasteiger partial charge in [0.15, 0.2) is 0 Å². The molecule has 3 heterocycles. The molecule has 28 heavy (non-hydrogen) atoms. The second-order valence-electron chi connectivity index (χ2n) is 7.62. The number of sulfonamides is 1. The number of aliphatic hydroxyl groups excluding tert-OH is 1. The fraction of sp³-hybridized carbons (Fsp3) is 0.333. The zero-order valence-electron chi connectivity index (χ0n) is 15.5. The van der Waals surface area contributed by atoms with Crippen LogP contribution >= 0.6 is 0 Å². The van der Waals surface area contributed by atoms with Crippen molar-refractivity contribution in [1.82, 2.24) is 14.2 Å². The van der Waals surface area contributed by atoms with E-state index in [1.54, 1.807) is 30.3 Å². The van der Waals surface area contributed by atoms with E-state index >= 15 is 0 Å². The fourth-order valence-electron chi connectivity index (χ4n) is 4.53. The first-order chi connectivity index (χ1) is 13.5. The maximum Gasteiger partial charge on any atom is 0.243 e. The Morgan fingerprint density at radius 3 is 2.57 bits per heavy atom. The van der Waals surface area contributed by atoms with Crippen molar-refractivity contribution in [2.24, 2.45) is 0 Å². The largest absolute Gasteiger partial charge is 0.390 e. The molecule has 2 atom stereocenters. The Hall–Kier alpha value is -2.19. The van der Waals surface area contributed by atoms with E-state index in [9.17, 15) is 13.5 Å². The highest BCUT2D eigenvalue weighted by Crippen LogP contribution is 2.31. The van der Waals surface area contributed by atoms with E-state index < -0.39 is 16.1 Å². The number of benzene rings is 2. The summed E-state index contributed by atoms with van der Waals surface area (Å²) in [4.78, 5) is 5.98. The van der Waals surface area contributed by atoms with E-state index in [0.29, 0.717) is 13.1 Å². The Morgan fingerprint density at radius 1 is 1.00 bits per heavy atom. The number of aromatic amines is 1. The summed E-state index contributed by atoms with van der Waals surface area (Å²) in [6, 6.07) is 16.5. The lowest BCUT2D eigenvalue weighted by Crippen LogP contribution is -2.45. The number of hydrogen-bond donors (Lipinski definition) is 2. The molecule has 6 nitrogen and oxygen atoms in total. The van der Waals surface area contributed by atoms with Crippen LogP contribution in [0.15, 0.2) is 59.5 Å². The summed E-state index contributed by atoms with van der Waals surface area (Å²) < 4.78 is 27.2. The minimum atomic E-state index is -3.59. The molecule has 1 aromatic heterocycles. The zero-order valence-corrected chi connectivity index (χ0v) is 16.3. The molecular formula is C21H23N3O3S. The van der Waals surface area contributed by atoms with Crippen LogP contribution < -0.4 is 0 Å². The lowest BCUT2D eigenvalue weighted by molar-refractivity contribution is 0.0740. The topological polar surface area (TPSA) is 76.6 Å². The number of rotatable bonds is 3. The molecule has 2 aliphatic rings. The molecule has 2 aliphatic heterocycles. The van der Waals surface area contributed by atoms with Crippen LogP contribution in [0.1, 0.15) is 11.3 Å². The molecule has 0 aliphatic carbocycles. The number of hydrogen-bond acceptors (Lipinski definition) is 4. The molecule has 2 aromatic carbocycles. The van der Waals surface area contributed by atoms with Crippen LogP contribution in [0.25, 0.3) is 10.9 Å². The standard InChI is InChI=1S/C21H23N3O3S/c25-21-14-24(28(26,27)15-6-2-1-3-7-15)13-20(21)23-11-10-17-16-8-4-5-9-18(16)22-19(17)12-23/h1-9,20-22,25H,10-14H2/t20-,21-/m0/s1. The summed E-state index contributed by atoms with van der Waals surface area (Å²) in [6.45, 7) is 1.96. The van der Waals surface area contributed by atoms with Crippen molar-refractivity contribution in [3.63, 3.8) is 0 Å². The third-order valence-corrected chi connectivity index (χ3v) is 7.83. The first kappa shape index (κ1) is 17.9. The van der Waals surface area contributed by atoms with E-state index in [1.807, 2.05) is 6.07 Å². The molecule has 0 spiro atoms. The molecule has 1 saturated heterocycles. The molecule has 0 radical (unpaired) electrons. The van der Waals surface area contributed by atoms with Crippen molar-refractivity contribution >= 4 is 20.9 Å². The average Bonchev–Trinajstić information content (AvgIpc) is 3.29. The summed E-state index contributed by atoms with van der Waals surface area (Å²) in [5.74, 6) is 0. The predicted octanol–water partition coefficient (Wildman–Crippen LogP) is 1.96. The fourth-order valence-corrected chi connectivity index (χ4v) is 6.03. The summed E-state index contributed by atoms with van der Waals surface area (Å²) in [7, 11) is -3.59. The van der Waals surface area contributed by atoms with E-state index in [-0.39, 0.29) is 17.5 Å². The third kappa shape index (κ3) is 2.86. The van der Waals surface area contributed by atoms with Gasteiger partial charge in [-0.2, -0.15) is 4.31 Å². The lowest BCUT2D eigenvalue weighted by Gasteiger charge is -2.33. The maximum absolute atomic E-state index is 12.9. The molecule has 146 valence electrons. The summed E-state index contributed by atoms with van der Waals surface area (Å²) in [5.41, 5.74) is 3.65. The van der Waals surface area contributed by atoms with Gasteiger partial charge in [-0.25, -0.2) is 8.42 Å². The highest BCUT2D eigenvalue weighted by molar-refractivity contribution is 7.89. The Morgan fingerprint density at radius 2 is 1.75 bits per heavy atom. The minimum absolute atomic E-state index is 0.137. The second kappa shape index (κ2) is 6.70. The molecule has 1 fully saturated rings. The number of fused-ring (bicyclic) bond motifs is 3. The van der Waals surface area contributed by atoms with Gasteiger partial charge in [0.1, 0.15) is 0 Å². The first-order valence-electron chi connectivity index (χ1n) is 9.60. The molecule has 3 aromatic rings. The Kier molecular flexibility index (Phi) is 4.28. The van der Waals surface area contributed by atoms with Crippen LogP contribution in [0.5, 0.6) is 0 Å². The molecule has 0 unspecified atom stereocenters. The van der Waals surface area contributed by atoms with Gasteiger partial charge >= 0.3 is 0 Å². The van der Waals surface area contributed by atoms with Crippen molar-refractivity contribution in [1.29, 1.82) is 0 Å². The molecular weight excluding hydrogens is 374 g/mol. The lowest BCUT2D eigenvalue weighted by atomic mass is 10.0. The van der Waals surface area contributed by atoms with Crippen LogP contribution in [0.4, 0.5) is 0 Å². The summed E-state index contributed by atoms with van der Waals surface area (Å²) >= 11 is 0. The molecule has 0 bridgehead atoms. The SMILES string of the molecule is O=S(=O)(c1ccccc1)N1C[C@H](O)[C@@H](N2CCc3c([nH]c4ccccc34)C2)C1. The van der Waals surface area contributed by atoms with Crippen LogP contribution in [-0.2, 0) is 23.0 Å². The number of nitrogens with one attached hydrogen (secondary N) is 1. The molecule has 2 N–H and O–H groups in total. The normalized spacial score (nSPS) is 23.9. The molecule has 0 amide bonds. The van der Waals surface area contributed by atoms with Crippen molar-refractivity contribution < 1.29 is 13.5 Å². The van der Waals surface area contributed by atoms with Gasteiger partial charge in [-0.3, -0.25) is 4.90 Å². The Labute approximate surface area is 164 Å². The van der Waals surface area contributed by atoms with Gasteiger partial charge in [0, 0.05) is 42.8 Å². The van der Waals surface area contributed by atoms with Crippen molar-refractivity contribution in [2.45, 2.75) is 30.0 Å². The monoisotopic (exact) mass is 397 g/mol. The van der Waals surface area contributed by atoms with Crippen molar-refractivity contribution in [3.8, 4) is 0 Å². The number of para-hydroxylation sites is 1. The molecule has 5 rings (SSSR count). The molecule has 7 heteroatoms. The molecule has 0 saturated carbocycles. The van der Waals surface area contributed by atoms with Gasteiger partial charge < -0.3 is 10.1 Å². The van der Waals surface area contributed by atoms with E-state index in [4.69, 9.17) is 0 Å². The van der Waals surface area contributed by atoms with Gasteiger partial charge in [0.25, 0.3) is 0 Å². The number of H-pyrrole nitrogens is 1. The van der Waals surface area contributed by atoms with Crippen molar-refractivity contribution in [3.05, 3.63) is 65.9 Å². The van der Waals surface area contributed by atoms with Crippen LogP contribution in [0.2, 0.25) is 0 Å². The number of β-amino-alcohol motifs (C(OH)–C–C–N with tert-alkyl or cyclic N) is 1. The van der Waals surface area contributed by atoms with E-state index in [1.165, 1.54) is 20.9 Å². The zero-order chi connectivity index (χ0) is 19.3. The summed E-state index contributed by atoms with van der Waals surface area (Å²) in [6.07, 6.45) is 0.206. The van der Waals surface area contributed by atoms with Crippen molar-refractivity contribution in [2.75, 3.05) is 19.6 Å². The Bertz CT molecular complexity index is 1110. The second-order valence-corrected chi connectivity index (χ2v) is 9.56. The smallest absolute Gasteiger partial charge is 0.243 e. The first-order valence-corrected chi connectivity index (χ1v) is 11.0. The predicted molar refractivity (Wildman–Crippen MR) is 107 cm³/mol. The minimum Gasteiger partial charge on any atom is -0.390 e. The van der Waals surface area contributed by atoms with Gasteiger partial charge in [0.2, 0.25) is 10.0 Å². The third-order valence-electron chi connectivity index (χ3n) is 5.99. The van der Waals surface area contributed by atoms with Crippen LogP contribution in [0, 0.1) is 0 Å². The number of aromatic nitrogens is 1. The average molecular weight is 398 g/mol. The Balaban J connectivity index is 1.38. The quantitative estimate of drug-likeness (QED) is 0.708. The van der Waals surface area contributed by atoms with E-state index in [0.717, 1.165) is 18.5 Å². The summed E-state index contributed by atoms with van der Waals surface area (Å²) in [5, 5.41) is 11.9. The van der Waals surface area contributed by atoms with Gasteiger partial charge in [-0.05, 0) is 30.2 Å². The van der Waals surface area contributed by atoms with Crippen LogP contribution in [-0.4, -0.2) is 59.5 Å². The highest BCUT2D eigenvalue weighted by Gasteiger charge is 2.42. The van der Waals surface area contributed by atoms with Crippen LogP contribution in [0.3, 0.4) is 0 Å². The maximum atomic E-state index is 12.9. The van der Waals surface area contributed by atoms with E-state index in [2.05, 4.69) is 28.1 Å². The number of aliphatic hydroxyl groups is 1. The van der Waals surface area contributed by atoms with Gasteiger partial charge in [0.05, 0.1) is 17.0 Å². The van der Waals surface area contributed by atoms with Gasteiger partial charge in [-0.1, -0.05) is 36.4 Å². The van der Waals surface area contributed by atoms with Gasteiger partial charge in [-0.15, -0.1) is 0 Å². The number of nitrogens with zero attached hydrogens (tertiary/aromatic N) is 2. The highest BCUT2D eigenvalue weighted by atomic mass is 32.2.